The van der Waals surface area contributed by atoms with Crippen molar-refractivity contribution < 1.29 is 9.21 Å². The Morgan fingerprint density at radius 3 is 2.45 bits per heavy atom. The molecule has 5 nitrogen and oxygen atoms in total. The van der Waals surface area contributed by atoms with Gasteiger partial charge in [0.05, 0.1) is 0 Å². The van der Waals surface area contributed by atoms with Crippen molar-refractivity contribution in [2.24, 2.45) is 0 Å². The van der Waals surface area contributed by atoms with Gasteiger partial charge in [-0.3, -0.25) is 10.1 Å². The van der Waals surface area contributed by atoms with Gasteiger partial charge in [0.15, 0.2) is 16.6 Å². The number of halogens is 1. The Labute approximate surface area is 190 Å². The van der Waals surface area contributed by atoms with Crippen molar-refractivity contribution in [3.05, 3.63) is 94.3 Å². The van der Waals surface area contributed by atoms with E-state index in [1.54, 1.807) is 24.3 Å². The van der Waals surface area contributed by atoms with Crippen molar-refractivity contribution in [2.75, 3.05) is 5.32 Å². The second-order valence-corrected chi connectivity index (χ2v) is 7.90. The van der Waals surface area contributed by atoms with Gasteiger partial charge in [0.1, 0.15) is 5.52 Å². The van der Waals surface area contributed by atoms with E-state index in [9.17, 15) is 4.79 Å². The van der Waals surface area contributed by atoms with Crippen LogP contribution in [0.15, 0.2) is 71.1 Å². The molecule has 0 saturated carbocycles. The Morgan fingerprint density at radius 1 is 1.03 bits per heavy atom. The maximum Gasteiger partial charge on any atom is 0.257 e. The first-order chi connectivity index (χ1) is 15.0. The third-order valence-corrected chi connectivity index (χ3v) is 5.26. The van der Waals surface area contributed by atoms with Crippen LogP contribution in [0.2, 0.25) is 5.02 Å². The Bertz CT molecular complexity index is 1230. The molecule has 7 heteroatoms. The molecule has 4 rings (SSSR count). The molecule has 4 aromatic rings. The molecular weight excluding hydrogens is 430 g/mol. The standard InChI is InChI=1S/C24H20ClN3O2S/c1-2-15-5-12-21-20(13-15)27-22(30-21)14-16-3-10-19(11-4-16)26-24(31)28-23(29)17-6-8-18(25)9-7-17/h3-13H,2,14H2,1H3,(H2,26,28,29,31). The lowest BCUT2D eigenvalue weighted by atomic mass is 10.1. The van der Waals surface area contributed by atoms with Crippen molar-refractivity contribution in [1.82, 2.24) is 10.3 Å². The zero-order chi connectivity index (χ0) is 21.8. The van der Waals surface area contributed by atoms with Gasteiger partial charge in [0.25, 0.3) is 5.91 Å². The quantitative estimate of drug-likeness (QED) is 0.379. The number of amides is 1. The minimum absolute atomic E-state index is 0.221. The molecular formula is C24H20ClN3O2S. The summed E-state index contributed by atoms with van der Waals surface area (Å²) in [5.74, 6) is 0.377. The van der Waals surface area contributed by atoms with Gasteiger partial charge in [-0.2, -0.15) is 0 Å². The highest BCUT2D eigenvalue weighted by Gasteiger charge is 2.09. The number of carbonyl (C=O) groups excluding carboxylic acids is 1. The summed E-state index contributed by atoms with van der Waals surface area (Å²) in [5.41, 5.74) is 5.23. The molecule has 0 aliphatic carbocycles. The van der Waals surface area contributed by atoms with Crippen molar-refractivity contribution in [3.63, 3.8) is 0 Å². The summed E-state index contributed by atoms with van der Waals surface area (Å²) in [6, 6.07) is 20.4. The van der Waals surface area contributed by atoms with E-state index < -0.39 is 0 Å². The molecule has 0 atom stereocenters. The number of nitrogens with one attached hydrogen (secondary N) is 2. The van der Waals surface area contributed by atoms with Gasteiger partial charge in [-0.25, -0.2) is 4.98 Å². The second-order valence-electron chi connectivity index (χ2n) is 7.05. The normalized spacial score (nSPS) is 10.8. The first-order valence-corrected chi connectivity index (χ1v) is 10.6. The number of carbonyl (C=O) groups is 1. The number of benzene rings is 3. The Kier molecular flexibility index (Phi) is 6.30. The van der Waals surface area contributed by atoms with Gasteiger partial charge in [-0.05, 0) is 78.3 Å². The minimum atomic E-state index is -0.298. The monoisotopic (exact) mass is 449 g/mol. The minimum Gasteiger partial charge on any atom is -0.440 e. The summed E-state index contributed by atoms with van der Waals surface area (Å²) in [7, 11) is 0. The average Bonchev–Trinajstić information content (AvgIpc) is 3.16. The van der Waals surface area contributed by atoms with E-state index in [2.05, 4.69) is 34.7 Å². The van der Waals surface area contributed by atoms with Crippen molar-refractivity contribution in [2.45, 2.75) is 19.8 Å². The van der Waals surface area contributed by atoms with Crippen molar-refractivity contribution in [1.29, 1.82) is 0 Å². The van der Waals surface area contributed by atoms with Crippen LogP contribution in [0.1, 0.15) is 34.3 Å². The van der Waals surface area contributed by atoms with Crippen molar-refractivity contribution in [3.8, 4) is 0 Å². The fourth-order valence-corrected chi connectivity index (χ4v) is 3.47. The van der Waals surface area contributed by atoms with E-state index in [4.69, 9.17) is 28.2 Å². The number of anilines is 1. The summed E-state index contributed by atoms with van der Waals surface area (Å²) in [4.78, 5) is 16.8. The largest absolute Gasteiger partial charge is 0.440 e. The van der Waals surface area contributed by atoms with E-state index in [-0.39, 0.29) is 11.0 Å². The third-order valence-electron chi connectivity index (χ3n) is 4.81. The fourth-order valence-electron chi connectivity index (χ4n) is 3.14. The van der Waals surface area contributed by atoms with Crippen LogP contribution in [0.5, 0.6) is 0 Å². The summed E-state index contributed by atoms with van der Waals surface area (Å²) in [6.45, 7) is 2.12. The van der Waals surface area contributed by atoms with Crippen LogP contribution in [0.25, 0.3) is 11.1 Å². The highest BCUT2D eigenvalue weighted by molar-refractivity contribution is 7.80. The Balaban J connectivity index is 1.36. The summed E-state index contributed by atoms with van der Waals surface area (Å²) < 4.78 is 5.86. The molecule has 3 aromatic carbocycles. The highest BCUT2D eigenvalue weighted by atomic mass is 35.5. The first kappa shape index (κ1) is 21.0. The smallest absolute Gasteiger partial charge is 0.257 e. The maximum atomic E-state index is 12.2. The number of hydrogen-bond acceptors (Lipinski definition) is 4. The van der Waals surface area contributed by atoms with Gasteiger partial charge >= 0.3 is 0 Å². The number of rotatable bonds is 5. The topological polar surface area (TPSA) is 67.2 Å². The molecule has 0 saturated heterocycles. The molecule has 31 heavy (non-hydrogen) atoms. The zero-order valence-electron chi connectivity index (χ0n) is 16.8. The lowest BCUT2D eigenvalue weighted by Gasteiger charge is -2.10. The summed E-state index contributed by atoms with van der Waals surface area (Å²) in [6.07, 6.45) is 1.56. The lowest BCUT2D eigenvalue weighted by Crippen LogP contribution is -2.34. The number of nitrogens with zero attached hydrogens (tertiary/aromatic N) is 1. The van der Waals surface area contributed by atoms with Crippen molar-refractivity contribution >= 4 is 51.6 Å². The molecule has 1 heterocycles. The van der Waals surface area contributed by atoms with Gasteiger partial charge < -0.3 is 9.73 Å². The van der Waals surface area contributed by atoms with Crippen LogP contribution < -0.4 is 10.6 Å². The van der Waals surface area contributed by atoms with Crippen LogP contribution in [-0.4, -0.2) is 16.0 Å². The number of thiocarbonyl (C=S) groups is 1. The Morgan fingerprint density at radius 2 is 1.74 bits per heavy atom. The molecule has 0 fully saturated rings. The molecule has 2 N–H and O–H groups in total. The molecule has 1 aromatic heterocycles. The van der Waals surface area contributed by atoms with E-state index in [1.165, 1.54) is 5.56 Å². The molecule has 1 amide bonds. The zero-order valence-corrected chi connectivity index (χ0v) is 18.4. The maximum absolute atomic E-state index is 12.2. The van der Waals surface area contributed by atoms with Gasteiger partial charge in [0, 0.05) is 22.7 Å². The van der Waals surface area contributed by atoms with E-state index >= 15 is 0 Å². The van der Waals surface area contributed by atoms with Crippen LogP contribution in [0.3, 0.4) is 0 Å². The SMILES string of the molecule is CCc1ccc2oc(Cc3ccc(NC(=S)NC(=O)c4ccc(Cl)cc4)cc3)nc2c1. The number of fused-ring (bicyclic) bond motifs is 1. The fraction of sp³-hybridized carbons (Fsp3) is 0.125. The van der Waals surface area contributed by atoms with E-state index in [0.717, 1.165) is 28.8 Å². The van der Waals surface area contributed by atoms with E-state index in [1.807, 2.05) is 30.3 Å². The van der Waals surface area contributed by atoms with Crippen LogP contribution in [-0.2, 0) is 12.8 Å². The van der Waals surface area contributed by atoms with Gasteiger partial charge in [-0.15, -0.1) is 0 Å². The lowest BCUT2D eigenvalue weighted by molar-refractivity contribution is 0.0977. The van der Waals surface area contributed by atoms with Gasteiger partial charge in [0.2, 0.25) is 0 Å². The number of aromatic nitrogens is 1. The van der Waals surface area contributed by atoms with Crippen LogP contribution >= 0.6 is 23.8 Å². The molecule has 0 aliphatic heterocycles. The number of aryl methyl sites for hydroxylation is 1. The van der Waals surface area contributed by atoms with Gasteiger partial charge in [-0.1, -0.05) is 36.7 Å². The number of hydrogen-bond donors (Lipinski definition) is 2. The molecule has 0 radical (unpaired) electrons. The van der Waals surface area contributed by atoms with Crippen LogP contribution in [0.4, 0.5) is 5.69 Å². The summed E-state index contributed by atoms with van der Waals surface area (Å²) >= 11 is 11.1. The molecule has 0 bridgehead atoms. The highest BCUT2D eigenvalue weighted by Crippen LogP contribution is 2.20. The average molecular weight is 450 g/mol. The predicted octanol–water partition coefficient (Wildman–Crippen LogP) is 5.76. The molecule has 0 aliphatic rings. The number of oxazole rings is 1. The predicted molar refractivity (Wildman–Crippen MR) is 128 cm³/mol. The molecule has 0 spiro atoms. The van der Waals surface area contributed by atoms with E-state index in [0.29, 0.717) is 22.9 Å². The first-order valence-electron chi connectivity index (χ1n) is 9.85. The van der Waals surface area contributed by atoms with Crippen LogP contribution in [0, 0.1) is 0 Å². The molecule has 156 valence electrons. The Hall–Kier alpha value is -3.22. The second kappa shape index (κ2) is 9.29. The molecule has 0 unspecified atom stereocenters. The summed E-state index contributed by atoms with van der Waals surface area (Å²) in [5, 5.41) is 6.46. The third kappa shape index (κ3) is 5.29.